The van der Waals surface area contributed by atoms with Crippen molar-refractivity contribution >= 4 is 0 Å². The van der Waals surface area contributed by atoms with Crippen LogP contribution in [-0.4, -0.2) is 169 Å². The van der Waals surface area contributed by atoms with E-state index in [1.165, 1.54) is 0 Å². The number of benzene rings is 6. The van der Waals surface area contributed by atoms with E-state index in [1.54, 1.807) is 28.4 Å². The fourth-order valence-electron chi connectivity index (χ4n) is 9.15. The van der Waals surface area contributed by atoms with Crippen molar-refractivity contribution in [1.82, 2.24) is 0 Å². The number of aliphatic hydroxyl groups excluding tert-OH is 2. The molecule has 16 heteroatoms. The van der Waals surface area contributed by atoms with E-state index in [1.807, 2.05) is 158 Å². The Hall–Kier alpha value is -6.84. The van der Waals surface area contributed by atoms with Crippen molar-refractivity contribution in [2.24, 2.45) is 0 Å². The minimum absolute atomic E-state index is 0.00742. The molecule has 16 nitrogen and oxygen atoms in total. The van der Waals surface area contributed by atoms with Crippen LogP contribution in [0.25, 0.3) is 0 Å². The number of ether oxygens (including phenoxy) is 14. The zero-order chi connectivity index (χ0) is 58.1. The molecule has 0 unspecified atom stereocenters. The number of hydrogen-bond acceptors (Lipinski definition) is 16. The highest BCUT2D eigenvalue weighted by atomic mass is 16.6. The third kappa shape index (κ3) is 18.6. The topological polar surface area (TPSA) is 170 Å². The van der Waals surface area contributed by atoms with Crippen LogP contribution < -0.4 is 18.9 Å². The number of rotatable bonds is 41. The molecular weight excluding hydrogens is 1050 g/mol. The molecule has 0 aromatic heterocycles. The summed E-state index contributed by atoms with van der Waals surface area (Å²) in [4.78, 5) is 0. The zero-order valence-corrected chi connectivity index (χ0v) is 47.4. The van der Waals surface area contributed by atoms with Gasteiger partial charge in [-0.05, 0) is 81.9 Å². The molecule has 0 radical (unpaired) electrons. The molecule has 0 saturated heterocycles. The predicted octanol–water partition coefficient (Wildman–Crippen LogP) is 7.90. The van der Waals surface area contributed by atoms with E-state index >= 15 is 0 Å². The van der Waals surface area contributed by atoms with Gasteiger partial charge in [0, 0.05) is 0 Å². The molecule has 2 N–H and O–H groups in total. The fraction of sp³-hybridized carbons (Fsp3) is 0.394. The highest BCUT2D eigenvalue weighted by molar-refractivity contribution is 5.51. The largest absolute Gasteiger partial charge is 0.497 e. The normalized spacial score (nSPS) is 13.1. The molecule has 438 valence electrons. The summed E-state index contributed by atoms with van der Waals surface area (Å²) >= 11 is 0. The summed E-state index contributed by atoms with van der Waals surface area (Å²) in [6.07, 6.45) is 4.80. The van der Waals surface area contributed by atoms with Crippen molar-refractivity contribution in [2.75, 3.05) is 134 Å². The van der Waals surface area contributed by atoms with Crippen molar-refractivity contribution in [3.8, 4) is 47.7 Å². The second kappa shape index (κ2) is 35.9. The standard InChI is InChI=1S/C66H78O16/c1-7-35-73-37-39-75-41-43-77-45-47-79-61(49-81-65(51-15-11-9-12-16-51,53-19-27-57(69-3)28-20-53)54-21-29-58(70-4)30-22-54)63(67)64(68)62(80-48-46-78-44-42-76-40-38-74-36-8-2)50-82-66(52-17-13-10-14-18-52,55-23-31-59(71-5)32-24-55)56-25-33-60(72-6)34-26-56/h1-2,9-34,61-64,67-68H,35-50H2,3-6H3/t61-,62-,63-,64-/m0/s1. The first-order valence-electron chi connectivity index (χ1n) is 27.2. The van der Waals surface area contributed by atoms with E-state index in [4.69, 9.17) is 79.2 Å². The monoisotopic (exact) mass is 1130 g/mol. The van der Waals surface area contributed by atoms with Crippen molar-refractivity contribution in [1.29, 1.82) is 0 Å². The van der Waals surface area contributed by atoms with E-state index in [2.05, 4.69) is 11.8 Å². The molecule has 6 aromatic rings. The van der Waals surface area contributed by atoms with Crippen LogP contribution >= 0.6 is 0 Å². The van der Waals surface area contributed by atoms with Crippen LogP contribution in [0.3, 0.4) is 0 Å². The number of terminal acetylenes is 2. The van der Waals surface area contributed by atoms with Crippen LogP contribution in [0.2, 0.25) is 0 Å². The molecule has 4 atom stereocenters. The maximum Gasteiger partial charge on any atom is 0.143 e. The molecule has 0 bridgehead atoms. The number of methoxy groups -OCH3 is 4. The van der Waals surface area contributed by atoms with E-state index in [0.717, 1.165) is 33.4 Å². The molecule has 0 aliphatic carbocycles. The molecule has 0 saturated carbocycles. The Bertz CT molecular complexity index is 2440. The average Bonchev–Trinajstić information content (AvgIpc) is 2.34. The van der Waals surface area contributed by atoms with Gasteiger partial charge in [-0.3, -0.25) is 0 Å². The summed E-state index contributed by atoms with van der Waals surface area (Å²) in [6.45, 7) is 2.60. The van der Waals surface area contributed by atoms with Crippen LogP contribution in [0.4, 0.5) is 0 Å². The lowest BCUT2D eigenvalue weighted by atomic mass is 9.79. The second-order valence-electron chi connectivity index (χ2n) is 18.4. The minimum Gasteiger partial charge on any atom is -0.497 e. The van der Waals surface area contributed by atoms with Crippen molar-refractivity contribution < 1.29 is 76.5 Å². The molecule has 0 spiro atoms. The minimum atomic E-state index is -1.67. The molecule has 0 aliphatic heterocycles. The van der Waals surface area contributed by atoms with Gasteiger partial charge in [0.05, 0.1) is 121 Å². The maximum absolute atomic E-state index is 12.8. The van der Waals surface area contributed by atoms with Gasteiger partial charge in [0.25, 0.3) is 0 Å². The summed E-state index contributed by atoms with van der Waals surface area (Å²) < 4.78 is 83.8. The zero-order valence-electron chi connectivity index (χ0n) is 47.4. The summed E-state index contributed by atoms with van der Waals surface area (Å²) in [5, 5.41) is 25.6. The van der Waals surface area contributed by atoms with E-state index in [0.29, 0.717) is 62.6 Å². The van der Waals surface area contributed by atoms with Crippen LogP contribution in [0, 0.1) is 24.7 Å². The van der Waals surface area contributed by atoms with Crippen molar-refractivity contribution in [3.63, 3.8) is 0 Å². The fourth-order valence-corrected chi connectivity index (χ4v) is 9.15. The third-order valence-electron chi connectivity index (χ3n) is 13.4. The highest BCUT2D eigenvalue weighted by Crippen LogP contribution is 2.44. The van der Waals surface area contributed by atoms with Crippen LogP contribution in [0.15, 0.2) is 158 Å². The van der Waals surface area contributed by atoms with E-state index < -0.39 is 35.6 Å². The van der Waals surface area contributed by atoms with Crippen LogP contribution in [-0.2, 0) is 58.6 Å². The van der Waals surface area contributed by atoms with Crippen LogP contribution in [0.5, 0.6) is 23.0 Å². The summed E-state index contributed by atoms with van der Waals surface area (Å²) in [5.74, 6) is 7.44. The van der Waals surface area contributed by atoms with Crippen molar-refractivity contribution in [3.05, 3.63) is 191 Å². The van der Waals surface area contributed by atoms with Gasteiger partial charge in [-0.25, -0.2) is 0 Å². The second-order valence-corrected chi connectivity index (χ2v) is 18.4. The van der Waals surface area contributed by atoms with Gasteiger partial charge in [-0.15, -0.1) is 12.8 Å². The Morgan fingerprint density at radius 3 is 0.841 bits per heavy atom. The Morgan fingerprint density at radius 2 is 0.585 bits per heavy atom. The predicted molar refractivity (Wildman–Crippen MR) is 311 cm³/mol. The lowest BCUT2D eigenvalue weighted by Gasteiger charge is -2.40. The first-order chi connectivity index (χ1) is 40.3. The highest BCUT2D eigenvalue weighted by Gasteiger charge is 2.43. The molecule has 6 aromatic carbocycles. The first-order valence-corrected chi connectivity index (χ1v) is 27.2. The third-order valence-corrected chi connectivity index (χ3v) is 13.4. The van der Waals surface area contributed by atoms with Gasteiger partial charge in [-0.1, -0.05) is 121 Å². The quantitative estimate of drug-likeness (QED) is 0.0216. The maximum atomic E-state index is 12.8. The summed E-state index contributed by atoms with van der Waals surface area (Å²) in [7, 11) is 6.43. The summed E-state index contributed by atoms with van der Waals surface area (Å²) in [5.41, 5.74) is 1.92. The first kappa shape index (κ1) is 64.3. The van der Waals surface area contributed by atoms with Crippen LogP contribution in [0.1, 0.15) is 33.4 Å². The lowest BCUT2D eigenvalue weighted by molar-refractivity contribution is -0.181. The molecule has 6 rings (SSSR count). The Kier molecular flexibility index (Phi) is 28.2. The molecular formula is C66H78O16. The van der Waals surface area contributed by atoms with Gasteiger partial charge in [-0.2, -0.15) is 0 Å². The van der Waals surface area contributed by atoms with Gasteiger partial charge < -0.3 is 76.5 Å². The average molecular weight is 1130 g/mol. The van der Waals surface area contributed by atoms with Gasteiger partial charge in [0.1, 0.15) is 71.8 Å². The van der Waals surface area contributed by atoms with Gasteiger partial charge in [0.15, 0.2) is 0 Å². The van der Waals surface area contributed by atoms with E-state index in [9.17, 15) is 10.2 Å². The molecule has 0 amide bonds. The SMILES string of the molecule is C#CCOCCOCCOCCO[C@@H](COC(c1ccccc1)(c1ccc(OC)cc1)c1ccc(OC)cc1)[C@H](O)[C@@H](O)[C@H](COC(c1ccccc1)(c1ccc(OC)cc1)c1ccc(OC)cc1)OCCOCCOCCOCC#C. The molecule has 82 heavy (non-hydrogen) atoms. The van der Waals surface area contributed by atoms with E-state index in [-0.39, 0.29) is 66.1 Å². The number of aliphatic hydroxyl groups is 2. The van der Waals surface area contributed by atoms with Gasteiger partial charge >= 0.3 is 0 Å². The van der Waals surface area contributed by atoms with Crippen molar-refractivity contribution in [2.45, 2.75) is 35.6 Å². The molecule has 0 fully saturated rings. The Labute approximate surface area is 483 Å². The Morgan fingerprint density at radius 1 is 0.341 bits per heavy atom. The Balaban J connectivity index is 1.36. The molecule has 0 aliphatic rings. The lowest BCUT2D eigenvalue weighted by Crippen LogP contribution is -2.52. The summed E-state index contributed by atoms with van der Waals surface area (Å²) in [6, 6.07) is 49.9. The smallest absolute Gasteiger partial charge is 0.143 e. The number of hydrogen-bond donors (Lipinski definition) is 2. The van der Waals surface area contributed by atoms with Gasteiger partial charge in [0.2, 0.25) is 0 Å². The molecule has 0 heterocycles.